The first-order valence-corrected chi connectivity index (χ1v) is 9.57. The van der Waals surface area contributed by atoms with Crippen LogP contribution >= 0.6 is 0 Å². The van der Waals surface area contributed by atoms with Gasteiger partial charge in [-0.2, -0.15) is 0 Å². The Morgan fingerprint density at radius 2 is 1.68 bits per heavy atom. The van der Waals surface area contributed by atoms with Gasteiger partial charge in [-0.05, 0) is 41.7 Å². The zero-order chi connectivity index (χ0) is 17.1. The summed E-state index contributed by atoms with van der Waals surface area (Å²) in [4.78, 5) is 4.93. The molecule has 0 radical (unpaired) electrons. The lowest BCUT2D eigenvalue weighted by molar-refractivity contribution is 0.641. The summed E-state index contributed by atoms with van der Waals surface area (Å²) in [5, 5.41) is 1.34. The molecule has 0 saturated heterocycles. The van der Waals surface area contributed by atoms with Crippen LogP contribution in [0.15, 0.2) is 54.6 Å². The summed E-state index contributed by atoms with van der Waals surface area (Å²) in [6.45, 7) is 2.27. The van der Waals surface area contributed by atoms with Crippen LogP contribution in [0.4, 0.5) is 0 Å². The molecule has 126 valence electrons. The van der Waals surface area contributed by atoms with Crippen LogP contribution in [0.25, 0.3) is 33.8 Å². The smallest absolute Gasteiger partial charge is 0.0721 e. The van der Waals surface area contributed by atoms with E-state index in [0.29, 0.717) is 0 Å². The molecule has 1 heterocycles. The van der Waals surface area contributed by atoms with Crippen molar-refractivity contribution in [3.05, 3.63) is 65.7 Å². The lowest BCUT2D eigenvalue weighted by atomic mass is 10.00. The van der Waals surface area contributed by atoms with E-state index < -0.39 is 0 Å². The van der Waals surface area contributed by atoms with Gasteiger partial charge < -0.3 is 0 Å². The Bertz CT molecular complexity index is 906. The molecule has 0 saturated carbocycles. The highest BCUT2D eigenvalue weighted by atomic mass is 14.7. The first kappa shape index (κ1) is 16.1. The fourth-order valence-electron chi connectivity index (χ4n) is 3.85. The Morgan fingerprint density at radius 3 is 2.52 bits per heavy atom. The molecule has 0 bridgehead atoms. The predicted octanol–water partition coefficient (Wildman–Crippen LogP) is 7.12. The Morgan fingerprint density at radius 1 is 0.840 bits per heavy atom. The number of aromatic nitrogens is 1. The van der Waals surface area contributed by atoms with Gasteiger partial charge in [0, 0.05) is 10.9 Å². The van der Waals surface area contributed by atoms with Gasteiger partial charge in [0.25, 0.3) is 0 Å². The molecule has 1 aromatic heterocycles. The summed E-state index contributed by atoms with van der Waals surface area (Å²) in [7, 11) is 0. The van der Waals surface area contributed by atoms with Crippen LogP contribution in [0.5, 0.6) is 0 Å². The van der Waals surface area contributed by atoms with E-state index in [1.54, 1.807) is 0 Å². The van der Waals surface area contributed by atoms with Crippen molar-refractivity contribution in [3.63, 3.8) is 0 Å². The SMILES string of the molecule is CCCCCCCC1=Cc2cc(-c3ccccc3)nc3cccc1c23. The number of nitrogens with zero attached hydrogens (tertiary/aromatic N) is 1. The van der Waals surface area contributed by atoms with Crippen molar-refractivity contribution >= 4 is 22.6 Å². The standard InChI is InChI=1S/C24H25N/c1-2-3-4-5-7-13-19-16-20-17-23(18-11-8-6-9-12-18)25-22-15-10-14-21(19)24(20)22/h6,8-12,14-17H,2-5,7,13H2,1H3. The average molecular weight is 327 g/mol. The van der Waals surface area contributed by atoms with Crippen LogP contribution in [-0.2, 0) is 0 Å². The molecule has 1 aliphatic rings. The number of unbranched alkanes of at least 4 members (excludes halogenated alkanes) is 4. The Balaban J connectivity index is 1.64. The minimum atomic E-state index is 1.07. The molecular weight excluding hydrogens is 302 g/mol. The fraction of sp³-hybridized carbons (Fsp3) is 0.292. The predicted molar refractivity (Wildman–Crippen MR) is 108 cm³/mol. The summed E-state index contributed by atoms with van der Waals surface area (Å²) in [5.74, 6) is 0. The lowest BCUT2D eigenvalue weighted by Crippen LogP contribution is -1.89. The van der Waals surface area contributed by atoms with Crippen molar-refractivity contribution < 1.29 is 0 Å². The van der Waals surface area contributed by atoms with E-state index in [0.717, 1.165) is 11.2 Å². The third-order valence-electron chi connectivity index (χ3n) is 5.16. The molecular formula is C24H25N. The van der Waals surface area contributed by atoms with E-state index in [1.807, 2.05) is 0 Å². The Hall–Kier alpha value is -2.41. The van der Waals surface area contributed by atoms with Crippen LogP contribution < -0.4 is 0 Å². The largest absolute Gasteiger partial charge is 0.248 e. The molecule has 1 heteroatoms. The topological polar surface area (TPSA) is 12.9 Å². The van der Waals surface area contributed by atoms with Crippen molar-refractivity contribution in [2.75, 3.05) is 0 Å². The van der Waals surface area contributed by atoms with E-state index in [-0.39, 0.29) is 0 Å². The molecule has 0 amide bonds. The maximum absolute atomic E-state index is 4.93. The summed E-state index contributed by atoms with van der Waals surface area (Å²) >= 11 is 0. The first-order valence-electron chi connectivity index (χ1n) is 9.57. The molecule has 25 heavy (non-hydrogen) atoms. The van der Waals surface area contributed by atoms with Crippen LogP contribution in [-0.4, -0.2) is 4.98 Å². The van der Waals surface area contributed by atoms with Crippen LogP contribution in [0.3, 0.4) is 0 Å². The van der Waals surface area contributed by atoms with Crippen molar-refractivity contribution in [1.29, 1.82) is 0 Å². The van der Waals surface area contributed by atoms with Crippen LogP contribution in [0, 0.1) is 0 Å². The summed E-state index contributed by atoms with van der Waals surface area (Å²) < 4.78 is 0. The minimum Gasteiger partial charge on any atom is -0.248 e. The number of hydrogen-bond acceptors (Lipinski definition) is 1. The fourth-order valence-corrected chi connectivity index (χ4v) is 3.85. The number of pyridine rings is 1. The zero-order valence-corrected chi connectivity index (χ0v) is 15.0. The minimum absolute atomic E-state index is 1.07. The number of hydrogen-bond donors (Lipinski definition) is 0. The molecule has 4 rings (SSSR count). The normalized spacial score (nSPS) is 12.6. The number of benzene rings is 2. The summed E-state index contributed by atoms with van der Waals surface area (Å²) in [5.41, 5.74) is 7.60. The molecule has 0 N–H and O–H groups in total. The zero-order valence-electron chi connectivity index (χ0n) is 15.0. The summed E-state index contributed by atoms with van der Waals surface area (Å²) in [6, 6.07) is 19.3. The van der Waals surface area contributed by atoms with E-state index >= 15 is 0 Å². The van der Waals surface area contributed by atoms with Crippen LogP contribution in [0.1, 0.15) is 56.6 Å². The molecule has 1 aliphatic carbocycles. The van der Waals surface area contributed by atoms with E-state index in [9.17, 15) is 0 Å². The van der Waals surface area contributed by atoms with E-state index in [2.05, 4.69) is 67.6 Å². The second-order valence-corrected chi connectivity index (χ2v) is 7.00. The maximum atomic E-state index is 4.93. The van der Waals surface area contributed by atoms with Crippen LogP contribution in [0.2, 0.25) is 0 Å². The quantitative estimate of drug-likeness (QED) is 0.421. The van der Waals surface area contributed by atoms with E-state index in [1.165, 1.54) is 66.2 Å². The van der Waals surface area contributed by atoms with Gasteiger partial charge in [-0.25, -0.2) is 4.98 Å². The van der Waals surface area contributed by atoms with Gasteiger partial charge in [-0.15, -0.1) is 0 Å². The van der Waals surface area contributed by atoms with E-state index in [4.69, 9.17) is 4.98 Å². The monoisotopic (exact) mass is 327 g/mol. The molecule has 1 nitrogen and oxygen atoms in total. The molecule has 0 atom stereocenters. The Labute approximate surface area is 150 Å². The lowest BCUT2D eigenvalue weighted by Gasteiger charge is -2.07. The van der Waals surface area contributed by atoms with Gasteiger partial charge in [0.2, 0.25) is 0 Å². The molecule has 0 fully saturated rings. The number of rotatable bonds is 7. The average Bonchev–Trinajstić information content (AvgIpc) is 3.02. The molecule has 2 aromatic carbocycles. The molecule has 0 unspecified atom stereocenters. The first-order chi connectivity index (χ1) is 12.4. The van der Waals surface area contributed by atoms with Gasteiger partial charge in [-0.3, -0.25) is 0 Å². The van der Waals surface area contributed by atoms with Crippen molar-refractivity contribution in [2.45, 2.75) is 45.4 Å². The van der Waals surface area contributed by atoms with Gasteiger partial charge >= 0.3 is 0 Å². The van der Waals surface area contributed by atoms with Gasteiger partial charge in [0.1, 0.15) is 0 Å². The Kier molecular flexibility index (Phi) is 4.65. The van der Waals surface area contributed by atoms with Gasteiger partial charge in [0.05, 0.1) is 11.2 Å². The molecule has 0 spiro atoms. The second kappa shape index (κ2) is 7.23. The maximum Gasteiger partial charge on any atom is 0.0721 e. The third-order valence-corrected chi connectivity index (χ3v) is 5.16. The van der Waals surface area contributed by atoms with Crippen molar-refractivity contribution in [1.82, 2.24) is 4.98 Å². The highest BCUT2D eigenvalue weighted by Crippen LogP contribution is 2.39. The van der Waals surface area contributed by atoms with Gasteiger partial charge in [0.15, 0.2) is 0 Å². The number of allylic oxidation sites excluding steroid dienone is 1. The molecule has 3 aromatic rings. The summed E-state index contributed by atoms with van der Waals surface area (Å²) in [6.07, 6.45) is 10.2. The highest BCUT2D eigenvalue weighted by molar-refractivity contribution is 6.08. The highest BCUT2D eigenvalue weighted by Gasteiger charge is 2.18. The van der Waals surface area contributed by atoms with Crippen molar-refractivity contribution in [3.8, 4) is 11.3 Å². The third kappa shape index (κ3) is 3.24. The van der Waals surface area contributed by atoms with Crippen molar-refractivity contribution in [2.24, 2.45) is 0 Å². The molecule has 0 aliphatic heterocycles. The van der Waals surface area contributed by atoms with Gasteiger partial charge in [-0.1, -0.05) is 81.1 Å². The second-order valence-electron chi connectivity index (χ2n) is 7.00.